The van der Waals surface area contributed by atoms with E-state index in [1.165, 1.54) is 0 Å². The molecule has 0 amide bonds. The van der Waals surface area contributed by atoms with Crippen molar-refractivity contribution in [3.63, 3.8) is 0 Å². The number of carboxylic acids is 1. The van der Waals surface area contributed by atoms with E-state index in [0.29, 0.717) is 39.4 Å². The van der Waals surface area contributed by atoms with Crippen LogP contribution in [-0.2, 0) is 4.79 Å². The summed E-state index contributed by atoms with van der Waals surface area (Å²) in [7, 11) is 0. The molecule has 0 saturated heterocycles. The number of benzene rings is 1. The molecule has 1 rings (SSSR count). The highest BCUT2D eigenvalue weighted by Gasteiger charge is 2.21. The van der Waals surface area contributed by atoms with Gasteiger partial charge in [0.2, 0.25) is 0 Å². The monoisotopic (exact) mass is 378 g/mol. The van der Waals surface area contributed by atoms with E-state index in [1.807, 2.05) is 6.92 Å². The van der Waals surface area contributed by atoms with Crippen molar-refractivity contribution in [3.05, 3.63) is 26.6 Å². The SMILES string of the molecule is CCCC(Oc1c(Br)cc(C=O)cc1Br)C(=O)O. The summed E-state index contributed by atoms with van der Waals surface area (Å²) in [5.41, 5.74) is 0.475. The maximum absolute atomic E-state index is 11.0. The lowest BCUT2D eigenvalue weighted by atomic mass is 10.2. The smallest absolute Gasteiger partial charge is 0.344 e. The van der Waals surface area contributed by atoms with E-state index in [2.05, 4.69) is 31.9 Å². The minimum atomic E-state index is -1.00. The van der Waals surface area contributed by atoms with Crippen molar-refractivity contribution in [2.75, 3.05) is 0 Å². The van der Waals surface area contributed by atoms with Gasteiger partial charge in [0.25, 0.3) is 0 Å². The lowest BCUT2D eigenvalue weighted by Crippen LogP contribution is -2.27. The van der Waals surface area contributed by atoms with Crippen LogP contribution in [0, 0.1) is 0 Å². The van der Waals surface area contributed by atoms with Gasteiger partial charge in [-0.3, -0.25) is 4.79 Å². The zero-order chi connectivity index (χ0) is 13.7. The first kappa shape index (κ1) is 15.2. The summed E-state index contributed by atoms with van der Waals surface area (Å²) in [5.74, 6) is -0.614. The first-order chi connectivity index (χ1) is 8.49. The van der Waals surface area contributed by atoms with E-state index in [1.54, 1.807) is 12.1 Å². The summed E-state index contributed by atoms with van der Waals surface area (Å²) in [6, 6.07) is 3.16. The van der Waals surface area contributed by atoms with Crippen LogP contribution >= 0.6 is 31.9 Å². The van der Waals surface area contributed by atoms with Crippen molar-refractivity contribution in [1.29, 1.82) is 0 Å². The molecular formula is C12H12Br2O4. The number of rotatable bonds is 6. The quantitative estimate of drug-likeness (QED) is 0.766. The van der Waals surface area contributed by atoms with Gasteiger partial charge in [-0.2, -0.15) is 0 Å². The third kappa shape index (κ3) is 3.81. The number of carbonyl (C=O) groups is 2. The van der Waals surface area contributed by atoms with E-state index in [9.17, 15) is 9.59 Å². The van der Waals surface area contributed by atoms with Crippen LogP contribution in [0.1, 0.15) is 30.1 Å². The highest BCUT2D eigenvalue weighted by Crippen LogP contribution is 2.35. The third-order valence-electron chi connectivity index (χ3n) is 2.24. The maximum Gasteiger partial charge on any atom is 0.344 e. The zero-order valence-corrected chi connectivity index (χ0v) is 12.8. The molecule has 4 nitrogen and oxygen atoms in total. The minimum absolute atomic E-state index is 0.390. The van der Waals surface area contributed by atoms with Crippen LogP contribution in [0.4, 0.5) is 0 Å². The lowest BCUT2D eigenvalue weighted by Gasteiger charge is -2.17. The lowest BCUT2D eigenvalue weighted by molar-refractivity contribution is -0.145. The Morgan fingerprint density at radius 1 is 1.44 bits per heavy atom. The Kier molecular flexibility index (Phi) is 5.81. The van der Waals surface area contributed by atoms with Gasteiger partial charge in [-0.1, -0.05) is 13.3 Å². The van der Waals surface area contributed by atoms with Crippen molar-refractivity contribution in [3.8, 4) is 5.75 Å². The van der Waals surface area contributed by atoms with Crippen LogP contribution in [0.2, 0.25) is 0 Å². The number of aldehydes is 1. The molecule has 18 heavy (non-hydrogen) atoms. The second-order valence-corrected chi connectivity index (χ2v) is 5.37. The van der Waals surface area contributed by atoms with Crippen molar-refractivity contribution < 1.29 is 19.4 Å². The van der Waals surface area contributed by atoms with Crippen LogP contribution in [0.5, 0.6) is 5.75 Å². The molecule has 0 fully saturated rings. The zero-order valence-electron chi connectivity index (χ0n) is 9.65. The number of aliphatic carboxylic acids is 1. The van der Waals surface area contributed by atoms with Gasteiger partial charge in [0, 0.05) is 5.56 Å². The molecule has 6 heteroatoms. The Labute approximate surface area is 122 Å². The van der Waals surface area contributed by atoms with Gasteiger partial charge >= 0.3 is 5.97 Å². The molecular weight excluding hydrogens is 368 g/mol. The van der Waals surface area contributed by atoms with Crippen LogP contribution in [0.25, 0.3) is 0 Å². The predicted octanol–water partition coefficient (Wildman–Crippen LogP) is 3.66. The number of carboxylic acid groups (broad SMARTS) is 1. The highest BCUT2D eigenvalue weighted by molar-refractivity contribution is 9.11. The third-order valence-corrected chi connectivity index (χ3v) is 3.42. The molecule has 0 bridgehead atoms. The molecule has 0 aromatic heterocycles. The Morgan fingerprint density at radius 2 is 2.00 bits per heavy atom. The molecule has 0 radical (unpaired) electrons. The summed E-state index contributed by atoms with van der Waals surface area (Å²) in [6.45, 7) is 1.89. The fourth-order valence-corrected chi connectivity index (χ4v) is 2.81. The molecule has 1 aromatic carbocycles. The number of carbonyl (C=O) groups excluding carboxylic acids is 1. The van der Waals surface area contributed by atoms with Crippen LogP contribution < -0.4 is 4.74 Å². The molecule has 1 unspecified atom stereocenters. The normalized spacial score (nSPS) is 11.9. The molecule has 98 valence electrons. The predicted molar refractivity (Wildman–Crippen MR) is 74.2 cm³/mol. The van der Waals surface area contributed by atoms with Gasteiger partial charge in [-0.25, -0.2) is 4.79 Å². The minimum Gasteiger partial charge on any atom is -0.479 e. The summed E-state index contributed by atoms with van der Waals surface area (Å²) >= 11 is 6.52. The molecule has 1 atom stereocenters. The summed E-state index contributed by atoms with van der Waals surface area (Å²) in [5, 5.41) is 9.04. The van der Waals surface area contributed by atoms with Crippen LogP contribution in [0.3, 0.4) is 0 Å². The first-order valence-corrected chi connectivity index (χ1v) is 6.91. The highest BCUT2D eigenvalue weighted by atomic mass is 79.9. The summed E-state index contributed by atoms with van der Waals surface area (Å²) in [4.78, 5) is 21.7. The van der Waals surface area contributed by atoms with Crippen molar-refractivity contribution in [2.45, 2.75) is 25.9 Å². The van der Waals surface area contributed by atoms with Crippen LogP contribution in [-0.4, -0.2) is 23.5 Å². The van der Waals surface area contributed by atoms with E-state index >= 15 is 0 Å². The van der Waals surface area contributed by atoms with E-state index in [4.69, 9.17) is 9.84 Å². The molecule has 0 aliphatic rings. The topological polar surface area (TPSA) is 63.6 Å². The van der Waals surface area contributed by atoms with Gasteiger partial charge in [0.15, 0.2) is 6.10 Å². The Bertz CT molecular complexity index is 436. The number of halogens is 2. The Hall–Kier alpha value is -0.880. The largest absolute Gasteiger partial charge is 0.479 e. The van der Waals surface area contributed by atoms with Gasteiger partial charge in [-0.15, -0.1) is 0 Å². The average Bonchev–Trinajstić information content (AvgIpc) is 2.31. The summed E-state index contributed by atoms with van der Waals surface area (Å²) in [6.07, 6.45) is 0.937. The fraction of sp³-hybridized carbons (Fsp3) is 0.333. The fourth-order valence-electron chi connectivity index (χ4n) is 1.40. The standard InChI is InChI=1S/C12H12Br2O4/c1-2-3-10(12(16)17)18-11-8(13)4-7(6-15)5-9(11)14/h4-6,10H,2-3H2,1H3,(H,16,17). The van der Waals surface area contributed by atoms with Gasteiger partial charge in [0.1, 0.15) is 12.0 Å². The molecule has 1 N–H and O–H groups in total. The van der Waals surface area contributed by atoms with Crippen LogP contribution in [0.15, 0.2) is 21.1 Å². The van der Waals surface area contributed by atoms with Crippen molar-refractivity contribution in [2.24, 2.45) is 0 Å². The number of ether oxygens (including phenoxy) is 1. The van der Waals surface area contributed by atoms with Gasteiger partial charge in [0.05, 0.1) is 8.95 Å². The second-order valence-electron chi connectivity index (χ2n) is 3.66. The number of hydrogen-bond donors (Lipinski definition) is 1. The molecule has 0 heterocycles. The average molecular weight is 380 g/mol. The Morgan fingerprint density at radius 3 is 2.39 bits per heavy atom. The van der Waals surface area contributed by atoms with Crippen molar-refractivity contribution in [1.82, 2.24) is 0 Å². The number of hydrogen-bond acceptors (Lipinski definition) is 3. The van der Waals surface area contributed by atoms with Crippen molar-refractivity contribution >= 4 is 44.1 Å². The summed E-state index contributed by atoms with van der Waals surface area (Å²) < 4.78 is 6.55. The first-order valence-electron chi connectivity index (χ1n) is 5.33. The second kappa shape index (κ2) is 6.89. The Balaban J connectivity index is 3.02. The van der Waals surface area contributed by atoms with E-state index < -0.39 is 12.1 Å². The molecule has 0 aliphatic heterocycles. The van der Waals surface area contributed by atoms with E-state index in [-0.39, 0.29) is 0 Å². The maximum atomic E-state index is 11.0. The van der Waals surface area contributed by atoms with Gasteiger partial charge in [-0.05, 0) is 50.4 Å². The van der Waals surface area contributed by atoms with Gasteiger partial charge < -0.3 is 9.84 Å². The molecule has 0 spiro atoms. The molecule has 0 aliphatic carbocycles. The molecule has 0 saturated carbocycles. The molecule has 1 aromatic rings. The van der Waals surface area contributed by atoms with E-state index in [0.717, 1.165) is 0 Å².